The lowest BCUT2D eigenvalue weighted by Crippen LogP contribution is -2.40. The summed E-state index contributed by atoms with van der Waals surface area (Å²) in [6.45, 7) is 5.71. The number of nitrogens with zero attached hydrogens (tertiary/aromatic N) is 2. The molecule has 1 unspecified atom stereocenters. The maximum Gasteiger partial charge on any atom is 0.265 e. The number of carbonyl (C=O) groups is 1. The second kappa shape index (κ2) is 6.74. The molecule has 0 saturated heterocycles. The molecule has 0 fully saturated rings. The van der Waals surface area contributed by atoms with Crippen LogP contribution in [0.2, 0.25) is 5.02 Å². The molecule has 2 aromatic carbocycles. The first kappa shape index (κ1) is 17.6. The number of aryl methyl sites for hydroxylation is 2. The maximum atomic E-state index is 12.6. The summed E-state index contributed by atoms with van der Waals surface area (Å²) < 4.78 is 11.0. The minimum absolute atomic E-state index is 0.00710. The summed E-state index contributed by atoms with van der Waals surface area (Å²) in [5, 5.41) is 4.52. The van der Waals surface area contributed by atoms with Crippen LogP contribution >= 0.6 is 11.6 Å². The van der Waals surface area contributed by atoms with Gasteiger partial charge in [0, 0.05) is 11.1 Å². The Balaban J connectivity index is 1.82. The van der Waals surface area contributed by atoms with Gasteiger partial charge in [0.25, 0.3) is 5.91 Å². The predicted octanol–water partition coefficient (Wildman–Crippen LogP) is 5.10. The van der Waals surface area contributed by atoms with Crippen molar-refractivity contribution in [3.63, 3.8) is 0 Å². The number of hydrogen-bond donors (Lipinski definition) is 0. The van der Waals surface area contributed by atoms with Gasteiger partial charge < -0.3 is 9.26 Å². The Bertz CT molecular complexity index is 994. The quantitative estimate of drug-likeness (QED) is 0.632. The van der Waals surface area contributed by atoms with Crippen molar-refractivity contribution in [3.8, 4) is 16.9 Å². The van der Waals surface area contributed by atoms with Crippen molar-refractivity contribution in [1.29, 1.82) is 0 Å². The van der Waals surface area contributed by atoms with Gasteiger partial charge in [-0.1, -0.05) is 47.1 Å². The smallest absolute Gasteiger partial charge is 0.265 e. The molecule has 0 bridgehead atoms. The second-order valence-corrected chi connectivity index (χ2v) is 7.05. The van der Waals surface area contributed by atoms with Crippen LogP contribution in [0.1, 0.15) is 30.0 Å². The van der Waals surface area contributed by atoms with Gasteiger partial charge in [-0.25, -0.2) is 0 Å². The molecule has 4 rings (SSSR count). The molecule has 0 radical (unpaired) electrons. The summed E-state index contributed by atoms with van der Waals surface area (Å²) in [6.07, 6.45) is 0. The molecule has 1 aromatic heterocycles. The largest absolute Gasteiger partial charge is 0.482 e. The van der Waals surface area contributed by atoms with Crippen molar-refractivity contribution in [2.75, 3.05) is 11.5 Å². The van der Waals surface area contributed by atoms with Gasteiger partial charge in [0.15, 0.2) is 6.61 Å². The topological polar surface area (TPSA) is 55.6 Å². The van der Waals surface area contributed by atoms with Gasteiger partial charge in [-0.2, -0.15) is 0 Å². The van der Waals surface area contributed by atoms with Crippen molar-refractivity contribution in [2.45, 2.75) is 26.8 Å². The van der Waals surface area contributed by atoms with E-state index >= 15 is 0 Å². The molecule has 138 valence electrons. The molecule has 0 N–H and O–H groups in total. The number of benzene rings is 2. The summed E-state index contributed by atoms with van der Waals surface area (Å²) in [4.78, 5) is 14.4. The molecule has 0 saturated carbocycles. The molecular weight excluding hydrogens is 364 g/mol. The third kappa shape index (κ3) is 2.98. The Kier molecular flexibility index (Phi) is 4.40. The minimum atomic E-state index is -0.137. The highest BCUT2D eigenvalue weighted by Gasteiger charge is 2.32. The summed E-state index contributed by atoms with van der Waals surface area (Å²) >= 11 is 6.60. The number of fused-ring (bicyclic) bond motifs is 1. The highest BCUT2D eigenvalue weighted by Crippen LogP contribution is 2.44. The average molecular weight is 383 g/mol. The fraction of sp³-hybridized carbons (Fsp3) is 0.238. The standard InChI is InChI=1S/C21H19ClN2O3/c1-12-21(14(3)27-23-12)16-9-19-18(10-17(16)22)24(20(25)11-26-19)13(2)15-7-5-4-6-8-15/h4-10,13H,11H2,1-3H3. The Morgan fingerprint density at radius 2 is 1.93 bits per heavy atom. The molecule has 3 aromatic rings. The van der Waals surface area contributed by atoms with Crippen LogP contribution < -0.4 is 9.64 Å². The minimum Gasteiger partial charge on any atom is -0.482 e. The van der Waals surface area contributed by atoms with E-state index in [1.807, 2.05) is 57.2 Å². The lowest BCUT2D eigenvalue weighted by Gasteiger charge is -2.34. The molecule has 1 atom stereocenters. The molecule has 1 aliphatic rings. The van der Waals surface area contributed by atoms with Crippen LogP contribution in [0.4, 0.5) is 5.69 Å². The molecule has 2 heterocycles. The zero-order chi connectivity index (χ0) is 19.1. The lowest BCUT2D eigenvalue weighted by atomic mass is 10.0. The van der Waals surface area contributed by atoms with E-state index in [4.69, 9.17) is 20.9 Å². The Hall–Kier alpha value is -2.79. The molecule has 1 aliphatic heterocycles. The van der Waals surface area contributed by atoms with Crippen molar-refractivity contribution in [2.24, 2.45) is 0 Å². The first-order valence-corrected chi connectivity index (χ1v) is 9.11. The number of anilines is 1. The van der Waals surface area contributed by atoms with Crippen molar-refractivity contribution in [1.82, 2.24) is 5.16 Å². The van der Waals surface area contributed by atoms with Crippen LogP contribution in [0.15, 0.2) is 47.0 Å². The van der Waals surface area contributed by atoms with Gasteiger partial charge in [-0.3, -0.25) is 9.69 Å². The van der Waals surface area contributed by atoms with Crippen molar-refractivity contribution in [3.05, 3.63) is 64.5 Å². The molecule has 1 amide bonds. The third-order valence-electron chi connectivity index (χ3n) is 4.90. The summed E-state index contributed by atoms with van der Waals surface area (Å²) in [7, 11) is 0. The summed E-state index contributed by atoms with van der Waals surface area (Å²) in [6, 6.07) is 13.4. The van der Waals surface area contributed by atoms with E-state index in [1.54, 1.807) is 11.0 Å². The number of rotatable bonds is 3. The molecular formula is C21H19ClN2O3. The van der Waals surface area contributed by atoms with Crippen molar-refractivity contribution >= 4 is 23.2 Å². The first-order valence-electron chi connectivity index (χ1n) is 8.74. The van der Waals surface area contributed by atoms with E-state index in [2.05, 4.69) is 5.16 Å². The fourth-order valence-electron chi connectivity index (χ4n) is 3.55. The highest BCUT2D eigenvalue weighted by molar-refractivity contribution is 6.34. The van der Waals surface area contributed by atoms with Crippen molar-refractivity contribution < 1.29 is 14.1 Å². The van der Waals surface area contributed by atoms with E-state index in [9.17, 15) is 4.79 Å². The van der Waals surface area contributed by atoms with E-state index in [0.717, 1.165) is 22.4 Å². The Morgan fingerprint density at radius 1 is 1.19 bits per heavy atom. The normalized spacial score (nSPS) is 14.7. The summed E-state index contributed by atoms with van der Waals surface area (Å²) in [5.41, 5.74) is 4.11. The maximum absolute atomic E-state index is 12.6. The van der Waals surface area contributed by atoms with Gasteiger partial charge in [0.05, 0.1) is 22.4 Å². The molecule has 0 spiro atoms. The van der Waals surface area contributed by atoms with Gasteiger partial charge in [0.1, 0.15) is 11.5 Å². The van der Waals surface area contributed by atoms with Crippen LogP contribution in [0, 0.1) is 13.8 Å². The molecule has 6 heteroatoms. The Morgan fingerprint density at radius 3 is 2.59 bits per heavy atom. The SMILES string of the molecule is Cc1noc(C)c1-c1cc2c(cc1Cl)N(C(C)c1ccccc1)C(=O)CO2. The average Bonchev–Trinajstić information content (AvgIpc) is 3.00. The molecule has 5 nitrogen and oxygen atoms in total. The van der Waals surface area contributed by atoms with E-state index < -0.39 is 0 Å². The third-order valence-corrected chi connectivity index (χ3v) is 5.21. The van der Waals surface area contributed by atoms with Crippen LogP contribution in [-0.4, -0.2) is 17.7 Å². The molecule has 27 heavy (non-hydrogen) atoms. The highest BCUT2D eigenvalue weighted by atomic mass is 35.5. The lowest BCUT2D eigenvalue weighted by molar-refractivity contribution is -0.121. The van der Waals surface area contributed by atoms with Gasteiger partial charge in [0.2, 0.25) is 0 Å². The summed E-state index contributed by atoms with van der Waals surface area (Å²) in [5.74, 6) is 1.22. The number of hydrogen-bond acceptors (Lipinski definition) is 4. The predicted molar refractivity (Wildman–Crippen MR) is 104 cm³/mol. The van der Waals surface area contributed by atoms with E-state index in [0.29, 0.717) is 22.2 Å². The Labute approximate surface area is 162 Å². The zero-order valence-corrected chi connectivity index (χ0v) is 16.1. The van der Waals surface area contributed by atoms with Gasteiger partial charge >= 0.3 is 0 Å². The number of carbonyl (C=O) groups excluding carboxylic acids is 1. The van der Waals surface area contributed by atoms with Crippen LogP contribution in [0.3, 0.4) is 0 Å². The van der Waals surface area contributed by atoms with Crippen LogP contribution in [0.25, 0.3) is 11.1 Å². The number of ether oxygens (including phenoxy) is 1. The van der Waals surface area contributed by atoms with E-state index in [1.165, 1.54) is 0 Å². The first-order chi connectivity index (χ1) is 13.0. The van der Waals surface area contributed by atoms with Gasteiger partial charge in [-0.05, 0) is 38.5 Å². The number of halogens is 1. The van der Waals surface area contributed by atoms with Crippen LogP contribution in [-0.2, 0) is 4.79 Å². The monoisotopic (exact) mass is 382 g/mol. The number of amides is 1. The fourth-order valence-corrected chi connectivity index (χ4v) is 3.81. The van der Waals surface area contributed by atoms with Gasteiger partial charge in [-0.15, -0.1) is 0 Å². The number of aromatic nitrogens is 1. The molecule has 0 aliphatic carbocycles. The van der Waals surface area contributed by atoms with Crippen LogP contribution in [0.5, 0.6) is 5.75 Å². The van der Waals surface area contributed by atoms with E-state index in [-0.39, 0.29) is 18.6 Å². The second-order valence-electron chi connectivity index (χ2n) is 6.64. The zero-order valence-electron chi connectivity index (χ0n) is 15.3.